The van der Waals surface area contributed by atoms with Crippen molar-refractivity contribution >= 4 is 5.91 Å². The Balaban J connectivity index is 1.56. The average molecular weight is 409 g/mol. The molecule has 2 saturated heterocycles. The highest BCUT2D eigenvalue weighted by Crippen LogP contribution is 2.37. The summed E-state index contributed by atoms with van der Waals surface area (Å²) in [7, 11) is 0. The van der Waals surface area contributed by atoms with Crippen LogP contribution in [0.4, 0.5) is 0 Å². The molecule has 3 atom stereocenters. The van der Waals surface area contributed by atoms with E-state index in [-0.39, 0.29) is 29.6 Å². The molecular formula is C24H32N4O2. The van der Waals surface area contributed by atoms with Crippen LogP contribution >= 0.6 is 0 Å². The van der Waals surface area contributed by atoms with E-state index in [9.17, 15) is 9.59 Å². The zero-order valence-corrected chi connectivity index (χ0v) is 18.0. The number of carbonyl (C=O) groups excluding carboxylic acids is 1. The van der Waals surface area contributed by atoms with E-state index in [0.717, 1.165) is 44.3 Å². The third kappa shape index (κ3) is 4.33. The summed E-state index contributed by atoms with van der Waals surface area (Å²) in [6.07, 6.45) is 6.29. The monoisotopic (exact) mass is 408 g/mol. The van der Waals surface area contributed by atoms with Gasteiger partial charge in [0.15, 0.2) is 0 Å². The number of fused-ring (bicyclic) bond motifs is 1. The van der Waals surface area contributed by atoms with Crippen molar-refractivity contribution in [1.82, 2.24) is 20.0 Å². The van der Waals surface area contributed by atoms with Gasteiger partial charge in [-0.05, 0) is 51.2 Å². The van der Waals surface area contributed by atoms with Crippen LogP contribution in [0.5, 0.6) is 0 Å². The van der Waals surface area contributed by atoms with Gasteiger partial charge in [0.25, 0.3) is 5.56 Å². The number of hydrogen-bond acceptors (Lipinski definition) is 4. The summed E-state index contributed by atoms with van der Waals surface area (Å²) < 4.78 is 1.30. The third-order valence-corrected chi connectivity index (χ3v) is 6.75. The molecule has 3 heterocycles. The van der Waals surface area contributed by atoms with E-state index in [1.165, 1.54) is 22.7 Å². The fourth-order valence-electron chi connectivity index (χ4n) is 5.22. The smallest absolute Gasteiger partial charge is 0.267 e. The summed E-state index contributed by atoms with van der Waals surface area (Å²) in [5.74, 6) is -0.00763. The first-order valence-corrected chi connectivity index (χ1v) is 11.1. The van der Waals surface area contributed by atoms with Gasteiger partial charge in [-0.15, -0.1) is 0 Å². The van der Waals surface area contributed by atoms with Crippen LogP contribution in [-0.4, -0.2) is 44.8 Å². The number of likely N-dealkylation sites (tertiary alicyclic amines) is 1. The fourth-order valence-corrected chi connectivity index (χ4v) is 5.22. The van der Waals surface area contributed by atoms with Crippen molar-refractivity contribution in [3.8, 4) is 0 Å². The summed E-state index contributed by atoms with van der Waals surface area (Å²) in [5, 5.41) is 8.11. The van der Waals surface area contributed by atoms with E-state index in [0.29, 0.717) is 6.04 Å². The number of nitrogens with one attached hydrogen (secondary N) is 1. The molecule has 1 aromatic heterocycles. The van der Waals surface area contributed by atoms with Crippen molar-refractivity contribution in [3.05, 3.63) is 64.1 Å². The van der Waals surface area contributed by atoms with Crippen LogP contribution in [0.25, 0.3) is 0 Å². The predicted octanol–water partition coefficient (Wildman–Crippen LogP) is 2.69. The number of aryl methyl sites for hydroxylation is 1. The molecule has 1 amide bonds. The van der Waals surface area contributed by atoms with Crippen LogP contribution in [-0.2, 0) is 17.8 Å². The lowest BCUT2D eigenvalue weighted by molar-refractivity contribution is -0.139. The molecule has 2 aliphatic rings. The Hall–Kier alpha value is -2.47. The van der Waals surface area contributed by atoms with Crippen LogP contribution in [0, 0.1) is 6.92 Å². The number of nitrogens with zero attached hydrogens (tertiary/aromatic N) is 3. The highest BCUT2D eigenvalue weighted by Gasteiger charge is 2.49. The van der Waals surface area contributed by atoms with Gasteiger partial charge in [-0.3, -0.25) is 9.59 Å². The number of amides is 1. The van der Waals surface area contributed by atoms with Gasteiger partial charge >= 0.3 is 0 Å². The fraction of sp³-hybridized carbons (Fsp3) is 0.542. The van der Waals surface area contributed by atoms with Gasteiger partial charge in [-0.1, -0.05) is 43.2 Å². The Labute approximate surface area is 178 Å². The Morgan fingerprint density at radius 2 is 1.97 bits per heavy atom. The molecule has 6 heteroatoms. The van der Waals surface area contributed by atoms with Gasteiger partial charge in [0.1, 0.15) is 6.54 Å². The number of hydrogen-bond donors (Lipinski definition) is 1. The molecule has 160 valence electrons. The van der Waals surface area contributed by atoms with E-state index in [2.05, 4.69) is 41.6 Å². The van der Waals surface area contributed by atoms with Gasteiger partial charge in [0.05, 0.1) is 11.2 Å². The van der Waals surface area contributed by atoms with Gasteiger partial charge in [-0.25, -0.2) is 4.68 Å². The molecule has 6 nitrogen and oxygen atoms in total. The van der Waals surface area contributed by atoms with Crippen molar-refractivity contribution in [1.29, 1.82) is 0 Å². The molecule has 1 N–H and O–H groups in total. The highest BCUT2D eigenvalue weighted by atomic mass is 16.2. The van der Waals surface area contributed by atoms with Gasteiger partial charge in [0, 0.05) is 24.7 Å². The van der Waals surface area contributed by atoms with Crippen molar-refractivity contribution in [2.24, 2.45) is 0 Å². The van der Waals surface area contributed by atoms with Crippen molar-refractivity contribution in [2.75, 3.05) is 6.54 Å². The van der Waals surface area contributed by atoms with Crippen LogP contribution in [0.3, 0.4) is 0 Å². The van der Waals surface area contributed by atoms with Crippen molar-refractivity contribution in [2.45, 2.75) is 76.5 Å². The summed E-state index contributed by atoms with van der Waals surface area (Å²) in [6, 6.07) is 14.3. The Kier molecular flexibility index (Phi) is 6.04. The largest absolute Gasteiger partial charge is 0.334 e. The average Bonchev–Trinajstić information content (AvgIpc) is 3.01. The molecule has 0 saturated carbocycles. The Morgan fingerprint density at radius 1 is 1.17 bits per heavy atom. The van der Waals surface area contributed by atoms with E-state index in [4.69, 9.17) is 0 Å². The van der Waals surface area contributed by atoms with Gasteiger partial charge < -0.3 is 10.2 Å². The molecule has 0 unspecified atom stereocenters. The number of aromatic nitrogens is 2. The minimum Gasteiger partial charge on any atom is -0.334 e. The maximum Gasteiger partial charge on any atom is 0.267 e. The lowest BCUT2D eigenvalue weighted by atomic mass is 9.83. The third-order valence-electron chi connectivity index (χ3n) is 6.75. The second-order valence-electron chi connectivity index (χ2n) is 9.03. The summed E-state index contributed by atoms with van der Waals surface area (Å²) in [4.78, 5) is 27.6. The normalized spacial score (nSPS) is 26.7. The highest BCUT2D eigenvalue weighted by molar-refractivity contribution is 5.77. The van der Waals surface area contributed by atoms with Crippen molar-refractivity contribution in [3.63, 3.8) is 0 Å². The van der Waals surface area contributed by atoms with Crippen LogP contribution < -0.4 is 10.9 Å². The van der Waals surface area contributed by atoms with E-state index < -0.39 is 0 Å². The maximum atomic E-state index is 13.4. The molecular weight excluding hydrogens is 376 g/mol. The molecule has 0 radical (unpaired) electrons. The molecule has 0 aliphatic carbocycles. The first-order chi connectivity index (χ1) is 14.5. The van der Waals surface area contributed by atoms with Gasteiger partial charge in [0.2, 0.25) is 5.91 Å². The van der Waals surface area contributed by atoms with Gasteiger partial charge in [-0.2, -0.15) is 5.10 Å². The predicted molar refractivity (Wildman–Crippen MR) is 117 cm³/mol. The first kappa shape index (κ1) is 20.8. The quantitative estimate of drug-likeness (QED) is 0.845. The van der Waals surface area contributed by atoms with Crippen molar-refractivity contribution < 1.29 is 4.79 Å². The lowest BCUT2D eigenvalue weighted by Gasteiger charge is -2.44. The number of carbonyl (C=O) groups is 1. The second-order valence-corrected chi connectivity index (χ2v) is 9.03. The molecule has 4 rings (SSSR count). The molecule has 2 aromatic rings. The zero-order valence-electron chi connectivity index (χ0n) is 18.0. The number of rotatable bonds is 4. The Bertz CT molecular complexity index is 942. The molecule has 0 bridgehead atoms. The topological polar surface area (TPSA) is 67.2 Å². The number of benzene rings is 1. The summed E-state index contributed by atoms with van der Waals surface area (Å²) in [5.41, 5.74) is 1.59. The standard InChI is InChI=1S/C24H32N4O2/c1-18-12-13-22(29)28(26-18)17-23(30)27-14-8-4-7-11-21-24(27,2)16-20(25-21)15-19-9-5-3-6-10-19/h3,5-6,9-10,12-13,20-21,25H,4,7-8,11,14-17H2,1-2H3/t20-,21+,24+/m1/s1. The van der Waals surface area contributed by atoms with E-state index >= 15 is 0 Å². The SMILES string of the molecule is Cc1ccc(=O)n(CC(=O)N2CCCCC[C@@H]3N[C@H](Cc4ccccc4)C[C@@]32C)n1. The molecule has 1 aromatic carbocycles. The molecule has 0 spiro atoms. The molecule has 2 aliphatic heterocycles. The molecule has 2 fully saturated rings. The zero-order chi connectivity index (χ0) is 21.1. The van der Waals surface area contributed by atoms with Crippen LogP contribution in [0.2, 0.25) is 0 Å². The first-order valence-electron chi connectivity index (χ1n) is 11.1. The lowest BCUT2D eigenvalue weighted by Crippen LogP contribution is -2.58. The second kappa shape index (κ2) is 8.72. The Morgan fingerprint density at radius 3 is 2.77 bits per heavy atom. The van der Waals surface area contributed by atoms with E-state index in [1.54, 1.807) is 6.07 Å². The molecule has 30 heavy (non-hydrogen) atoms. The minimum absolute atomic E-state index is 0.00613. The maximum absolute atomic E-state index is 13.4. The van der Waals surface area contributed by atoms with E-state index in [1.807, 2.05) is 17.9 Å². The van der Waals surface area contributed by atoms with Crippen LogP contribution in [0.1, 0.15) is 50.3 Å². The minimum atomic E-state index is -0.246. The summed E-state index contributed by atoms with van der Waals surface area (Å²) in [6.45, 7) is 4.81. The van der Waals surface area contributed by atoms with Crippen LogP contribution in [0.15, 0.2) is 47.3 Å². The summed E-state index contributed by atoms with van der Waals surface area (Å²) >= 11 is 0.